The van der Waals surface area contributed by atoms with Crippen molar-refractivity contribution in [2.45, 2.75) is 122 Å². The quantitative estimate of drug-likeness (QED) is 0.108. The van der Waals surface area contributed by atoms with Crippen LogP contribution in [-0.4, -0.2) is 58.4 Å². The van der Waals surface area contributed by atoms with E-state index >= 15 is 0 Å². The van der Waals surface area contributed by atoms with E-state index in [1.807, 2.05) is 6.08 Å². The summed E-state index contributed by atoms with van der Waals surface area (Å²) in [6, 6.07) is 0. The lowest BCUT2D eigenvalue weighted by atomic mass is 10.0. The van der Waals surface area contributed by atoms with Crippen molar-refractivity contribution in [2.24, 2.45) is 5.92 Å². The maximum Gasteiger partial charge on any atom is 0.310 e. The van der Waals surface area contributed by atoms with Gasteiger partial charge in [-0.1, -0.05) is 115 Å². The number of carboxylic acid groups (broad SMARTS) is 1. The number of hydrogen-bond donors (Lipinski definition) is 3. The van der Waals surface area contributed by atoms with Gasteiger partial charge in [-0.2, -0.15) is 0 Å². The second kappa shape index (κ2) is 24.7. The normalized spacial score (nSPS) is 12.3. The molecule has 0 aromatic heterocycles. The van der Waals surface area contributed by atoms with Crippen LogP contribution >= 0.6 is 0 Å². The first-order valence-electron chi connectivity index (χ1n) is 14.0. The fourth-order valence-corrected chi connectivity index (χ4v) is 4.23. The van der Waals surface area contributed by atoms with Crippen LogP contribution in [0.4, 0.5) is 0 Å². The van der Waals surface area contributed by atoms with Crippen LogP contribution in [0.1, 0.15) is 122 Å². The number of unbranched alkanes of at least 4 members (excludes halogenated alkanes) is 16. The molecule has 0 aliphatic heterocycles. The number of hydrogen-bond acceptors (Lipinski definition) is 4. The molecule has 0 saturated heterocycles. The lowest BCUT2D eigenvalue weighted by Crippen LogP contribution is -2.37. The van der Waals surface area contributed by atoms with Crippen LogP contribution in [0.2, 0.25) is 0 Å². The van der Waals surface area contributed by atoms with E-state index in [0.29, 0.717) is 0 Å². The number of aliphatic hydroxyl groups excluding tert-OH is 2. The first kappa shape index (κ1) is 32.6. The number of carboxylic acids is 1. The molecule has 34 heavy (non-hydrogen) atoms. The summed E-state index contributed by atoms with van der Waals surface area (Å²) in [5, 5.41) is 27.4. The Bertz CT molecular complexity index is 503. The molecule has 0 fully saturated rings. The summed E-state index contributed by atoms with van der Waals surface area (Å²) in [6.45, 7) is 2.06. The van der Waals surface area contributed by atoms with Gasteiger partial charge in [0.2, 0.25) is 5.91 Å². The smallest absolute Gasteiger partial charge is 0.310 e. The Morgan fingerprint density at radius 1 is 0.706 bits per heavy atom. The summed E-state index contributed by atoms with van der Waals surface area (Å²) in [6.07, 6.45) is 25.4. The lowest BCUT2D eigenvalue weighted by molar-refractivity contribution is -0.144. The molecule has 200 valence electrons. The summed E-state index contributed by atoms with van der Waals surface area (Å²) in [5.74, 6) is -2.25. The molecule has 0 radical (unpaired) electrons. The van der Waals surface area contributed by atoms with Crippen molar-refractivity contribution in [3.8, 4) is 0 Å². The van der Waals surface area contributed by atoms with E-state index in [1.165, 1.54) is 94.8 Å². The molecule has 0 rings (SSSR count). The second-order valence-corrected chi connectivity index (χ2v) is 9.50. The Morgan fingerprint density at radius 2 is 1.12 bits per heavy atom. The van der Waals surface area contributed by atoms with Crippen LogP contribution in [0.25, 0.3) is 0 Å². The SMILES string of the molecule is CCCCCCCCCCCCCCCCCCC=CC(CC(=O)N(CCO)CCO)C(=O)O. The van der Waals surface area contributed by atoms with Gasteiger partial charge in [-0.15, -0.1) is 0 Å². The summed E-state index contributed by atoms with van der Waals surface area (Å²) in [5.41, 5.74) is 0. The molecule has 0 spiro atoms. The summed E-state index contributed by atoms with van der Waals surface area (Å²) in [7, 11) is 0. The van der Waals surface area contributed by atoms with Gasteiger partial charge in [0.1, 0.15) is 0 Å². The molecule has 1 amide bonds. The first-order valence-corrected chi connectivity index (χ1v) is 14.0. The number of amides is 1. The van der Waals surface area contributed by atoms with E-state index in [0.717, 1.165) is 19.3 Å². The van der Waals surface area contributed by atoms with Crippen molar-refractivity contribution < 1.29 is 24.9 Å². The Balaban J connectivity index is 3.71. The first-order chi connectivity index (χ1) is 16.6. The maximum atomic E-state index is 12.2. The molecule has 6 nitrogen and oxygen atoms in total. The molecule has 0 saturated carbocycles. The zero-order valence-electron chi connectivity index (χ0n) is 21.9. The van der Waals surface area contributed by atoms with Crippen LogP contribution in [0.3, 0.4) is 0 Å². The van der Waals surface area contributed by atoms with Gasteiger partial charge in [0.05, 0.1) is 19.1 Å². The van der Waals surface area contributed by atoms with E-state index in [-0.39, 0.29) is 38.6 Å². The predicted molar refractivity (Wildman–Crippen MR) is 140 cm³/mol. The summed E-state index contributed by atoms with van der Waals surface area (Å²) >= 11 is 0. The Labute approximate surface area is 208 Å². The Morgan fingerprint density at radius 3 is 1.50 bits per heavy atom. The monoisotopic (exact) mass is 483 g/mol. The average molecular weight is 484 g/mol. The molecule has 1 atom stereocenters. The largest absolute Gasteiger partial charge is 0.481 e. The number of aliphatic hydroxyl groups is 2. The predicted octanol–water partition coefficient (Wildman–Crippen LogP) is 6.10. The molecule has 1 unspecified atom stereocenters. The third-order valence-electron chi connectivity index (χ3n) is 6.40. The molecule has 3 N–H and O–H groups in total. The molecule has 0 heterocycles. The molecule has 0 aromatic carbocycles. The van der Waals surface area contributed by atoms with Gasteiger partial charge in [0, 0.05) is 19.5 Å². The molecule has 0 aromatic rings. The van der Waals surface area contributed by atoms with Crippen LogP contribution in [0.15, 0.2) is 12.2 Å². The van der Waals surface area contributed by atoms with Gasteiger partial charge in [-0.3, -0.25) is 9.59 Å². The van der Waals surface area contributed by atoms with Crippen molar-refractivity contribution in [1.82, 2.24) is 4.90 Å². The highest BCUT2D eigenvalue weighted by atomic mass is 16.4. The van der Waals surface area contributed by atoms with Crippen molar-refractivity contribution in [1.29, 1.82) is 0 Å². The number of carbonyl (C=O) groups is 2. The molecule has 0 aliphatic rings. The van der Waals surface area contributed by atoms with E-state index in [2.05, 4.69) is 6.92 Å². The van der Waals surface area contributed by atoms with Crippen LogP contribution in [-0.2, 0) is 9.59 Å². The molecular weight excluding hydrogens is 430 g/mol. The number of carbonyl (C=O) groups excluding carboxylic acids is 1. The minimum absolute atomic E-state index is 0.106. The van der Waals surface area contributed by atoms with Gasteiger partial charge in [-0.25, -0.2) is 0 Å². The number of aliphatic carboxylic acids is 1. The molecular formula is C28H53NO5. The number of allylic oxidation sites excluding steroid dienone is 1. The number of rotatable bonds is 25. The molecule has 6 heteroatoms. The van der Waals surface area contributed by atoms with Crippen LogP contribution in [0, 0.1) is 5.92 Å². The highest BCUT2D eigenvalue weighted by Crippen LogP contribution is 2.15. The zero-order valence-corrected chi connectivity index (χ0v) is 21.9. The second-order valence-electron chi connectivity index (χ2n) is 9.50. The van der Waals surface area contributed by atoms with Gasteiger partial charge >= 0.3 is 5.97 Å². The fraction of sp³-hybridized carbons (Fsp3) is 0.857. The van der Waals surface area contributed by atoms with Crippen LogP contribution in [0.5, 0.6) is 0 Å². The fourth-order valence-electron chi connectivity index (χ4n) is 4.23. The third kappa shape index (κ3) is 20.0. The van der Waals surface area contributed by atoms with E-state index in [9.17, 15) is 14.7 Å². The average Bonchev–Trinajstić information content (AvgIpc) is 2.82. The van der Waals surface area contributed by atoms with Gasteiger partial charge in [-0.05, 0) is 12.8 Å². The highest BCUT2D eigenvalue weighted by Gasteiger charge is 2.21. The minimum Gasteiger partial charge on any atom is -0.481 e. The van der Waals surface area contributed by atoms with E-state index in [1.54, 1.807) is 6.08 Å². The molecule has 0 bridgehead atoms. The Kier molecular flexibility index (Phi) is 23.7. The van der Waals surface area contributed by atoms with Crippen molar-refractivity contribution in [2.75, 3.05) is 26.3 Å². The zero-order chi connectivity index (χ0) is 25.3. The Hall–Kier alpha value is -1.40. The highest BCUT2D eigenvalue weighted by molar-refractivity contribution is 5.83. The van der Waals surface area contributed by atoms with Crippen molar-refractivity contribution in [3.63, 3.8) is 0 Å². The van der Waals surface area contributed by atoms with Gasteiger partial charge in [0.15, 0.2) is 0 Å². The van der Waals surface area contributed by atoms with Gasteiger partial charge in [0.25, 0.3) is 0 Å². The summed E-state index contributed by atoms with van der Waals surface area (Å²) in [4.78, 5) is 25.0. The van der Waals surface area contributed by atoms with Gasteiger partial charge < -0.3 is 20.2 Å². The lowest BCUT2D eigenvalue weighted by Gasteiger charge is -2.21. The maximum absolute atomic E-state index is 12.2. The minimum atomic E-state index is -1.02. The van der Waals surface area contributed by atoms with Crippen molar-refractivity contribution >= 4 is 11.9 Å². The molecule has 0 aliphatic carbocycles. The van der Waals surface area contributed by atoms with E-state index < -0.39 is 11.9 Å². The van der Waals surface area contributed by atoms with Crippen molar-refractivity contribution in [3.05, 3.63) is 12.2 Å². The van der Waals surface area contributed by atoms with E-state index in [4.69, 9.17) is 10.2 Å². The topological polar surface area (TPSA) is 98.1 Å². The number of nitrogens with zero attached hydrogens (tertiary/aromatic N) is 1. The third-order valence-corrected chi connectivity index (χ3v) is 6.40. The standard InChI is InChI=1S/C28H53NO5/c1-2-3-4-5-6-7-8-9-10-11-12-13-14-15-16-17-18-19-20-26(28(33)34)25-27(32)29(21-23-30)22-24-31/h19-20,26,30-31H,2-18,21-25H2,1H3,(H,33,34). The summed E-state index contributed by atoms with van der Waals surface area (Å²) < 4.78 is 0. The van der Waals surface area contributed by atoms with Crippen LogP contribution < -0.4 is 0 Å².